The number of carbonyl (C=O) groups is 3. The molecule has 6 heteroatoms. The molecule has 0 aromatic heterocycles. The maximum Gasteiger partial charge on any atom is 0.266 e. The highest BCUT2D eigenvalue weighted by Gasteiger charge is 2.45. The Labute approximate surface area is 150 Å². The Morgan fingerprint density at radius 1 is 1.00 bits per heavy atom. The Kier molecular flexibility index (Phi) is 3.80. The number of ether oxygens (including phenoxy) is 1. The van der Waals surface area contributed by atoms with Gasteiger partial charge in [0.15, 0.2) is 0 Å². The Morgan fingerprint density at radius 2 is 1.77 bits per heavy atom. The zero-order chi connectivity index (χ0) is 18.3. The smallest absolute Gasteiger partial charge is 0.266 e. The summed E-state index contributed by atoms with van der Waals surface area (Å²) in [4.78, 5) is 39.0. The number of amides is 3. The van der Waals surface area contributed by atoms with Crippen LogP contribution >= 0.6 is 0 Å². The number of fused-ring (bicyclic) bond motifs is 1. The molecule has 3 amide bonds. The fourth-order valence-corrected chi connectivity index (χ4v) is 3.26. The molecule has 4 rings (SSSR count). The van der Waals surface area contributed by atoms with Gasteiger partial charge in [-0.15, -0.1) is 0 Å². The maximum atomic E-state index is 13.0. The van der Waals surface area contributed by atoms with Crippen molar-refractivity contribution in [2.24, 2.45) is 0 Å². The normalized spacial score (nSPS) is 19.4. The summed E-state index contributed by atoms with van der Waals surface area (Å²) < 4.78 is 5.81. The average molecular weight is 348 g/mol. The maximum absolute atomic E-state index is 13.0. The van der Waals surface area contributed by atoms with Crippen molar-refractivity contribution in [3.05, 3.63) is 71.9 Å². The van der Waals surface area contributed by atoms with Crippen molar-refractivity contribution in [2.75, 3.05) is 0 Å². The molecule has 6 nitrogen and oxygen atoms in total. The third kappa shape index (κ3) is 2.56. The number of benzene rings is 2. The molecule has 1 fully saturated rings. The number of hydrogen-bond donors (Lipinski definition) is 1. The molecule has 1 atom stereocenters. The van der Waals surface area contributed by atoms with E-state index in [1.807, 2.05) is 18.2 Å². The summed E-state index contributed by atoms with van der Waals surface area (Å²) in [6.07, 6.45) is 0.891. The fourth-order valence-electron chi connectivity index (χ4n) is 3.26. The number of carbonyl (C=O) groups excluding carboxylic acids is 3. The lowest BCUT2D eigenvalue weighted by molar-refractivity contribution is -0.125. The molecular weight excluding hydrogens is 332 g/mol. The Morgan fingerprint density at radius 3 is 2.50 bits per heavy atom. The molecule has 0 saturated carbocycles. The van der Waals surface area contributed by atoms with Gasteiger partial charge in [-0.25, -0.2) is 0 Å². The molecule has 2 aliphatic heterocycles. The van der Waals surface area contributed by atoms with E-state index in [1.165, 1.54) is 0 Å². The Hall–Kier alpha value is -3.41. The number of allylic oxidation sites excluding steroid dienone is 1. The van der Waals surface area contributed by atoms with Crippen LogP contribution in [0.2, 0.25) is 0 Å². The van der Waals surface area contributed by atoms with Gasteiger partial charge in [0, 0.05) is 5.70 Å². The largest absolute Gasteiger partial charge is 0.457 e. The lowest BCUT2D eigenvalue weighted by Gasteiger charge is -2.29. The van der Waals surface area contributed by atoms with E-state index in [0.29, 0.717) is 30.0 Å². The first-order valence-electron chi connectivity index (χ1n) is 8.28. The molecular formula is C20H16N2O4. The average Bonchev–Trinajstić information content (AvgIpc) is 2.88. The first-order chi connectivity index (χ1) is 12.6. The number of nitrogens with zero attached hydrogens (tertiary/aromatic N) is 1. The number of para-hydroxylation sites is 1. The number of rotatable bonds is 3. The standard InChI is InChI=1S/C20H16N2O4/c1-12-10-11-15(18(23)21-12)22-19(24)14-8-5-9-16(17(14)20(22)25)26-13-6-3-2-4-7-13/h2-9,15H,1,10-11H2,(H,21,23). The van der Waals surface area contributed by atoms with Gasteiger partial charge >= 0.3 is 0 Å². The monoisotopic (exact) mass is 348 g/mol. The van der Waals surface area contributed by atoms with Crippen LogP contribution < -0.4 is 10.1 Å². The van der Waals surface area contributed by atoms with Crippen LogP contribution in [-0.2, 0) is 4.79 Å². The Bertz CT molecular complexity index is 936. The van der Waals surface area contributed by atoms with E-state index in [1.54, 1.807) is 30.3 Å². The van der Waals surface area contributed by atoms with E-state index >= 15 is 0 Å². The van der Waals surface area contributed by atoms with Crippen LogP contribution in [0.4, 0.5) is 0 Å². The highest BCUT2D eigenvalue weighted by Crippen LogP contribution is 2.35. The van der Waals surface area contributed by atoms with Crippen LogP contribution in [0.15, 0.2) is 60.8 Å². The minimum atomic E-state index is -0.836. The van der Waals surface area contributed by atoms with Gasteiger partial charge in [0.05, 0.1) is 11.1 Å². The highest BCUT2D eigenvalue weighted by molar-refractivity contribution is 6.24. The zero-order valence-electron chi connectivity index (χ0n) is 13.9. The van der Waals surface area contributed by atoms with Crippen LogP contribution in [0.3, 0.4) is 0 Å². The van der Waals surface area contributed by atoms with Gasteiger partial charge in [0.25, 0.3) is 11.8 Å². The first-order valence-corrected chi connectivity index (χ1v) is 8.28. The number of imide groups is 1. The lowest BCUT2D eigenvalue weighted by Crippen LogP contribution is -2.51. The van der Waals surface area contributed by atoms with Gasteiger partial charge in [-0.05, 0) is 37.1 Å². The van der Waals surface area contributed by atoms with Crippen molar-refractivity contribution in [3.63, 3.8) is 0 Å². The second-order valence-corrected chi connectivity index (χ2v) is 6.22. The van der Waals surface area contributed by atoms with Crippen LogP contribution in [0, 0.1) is 0 Å². The molecule has 0 bridgehead atoms. The molecule has 1 N–H and O–H groups in total. The molecule has 0 aliphatic carbocycles. The summed E-state index contributed by atoms with van der Waals surface area (Å²) in [5.41, 5.74) is 1.04. The van der Waals surface area contributed by atoms with Crippen LogP contribution in [0.25, 0.3) is 0 Å². The second-order valence-electron chi connectivity index (χ2n) is 6.22. The van der Waals surface area contributed by atoms with E-state index in [-0.39, 0.29) is 17.0 Å². The zero-order valence-corrected chi connectivity index (χ0v) is 13.9. The van der Waals surface area contributed by atoms with Gasteiger partial charge in [0.1, 0.15) is 17.5 Å². The van der Waals surface area contributed by atoms with E-state index in [4.69, 9.17) is 4.74 Å². The molecule has 2 heterocycles. The summed E-state index contributed by atoms with van der Waals surface area (Å²) in [7, 11) is 0. The SMILES string of the molecule is C=C1CCC(N2C(=O)c3cccc(Oc4ccccc4)c3C2=O)C(=O)N1. The predicted molar refractivity (Wildman–Crippen MR) is 93.8 cm³/mol. The minimum absolute atomic E-state index is 0.193. The van der Waals surface area contributed by atoms with E-state index in [2.05, 4.69) is 11.9 Å². The van der Waals surface area contributed by atoms with Crippen molar-refractivity contribution >= 4 is 17.7 Å². The van der Waals surface area contributed by atoms with E-state index in [0.717, 1.165) is 4.90 Å². The molecule has 0 spiro atoms. The fraction of sp³-hybridized carbons (Fsp3) is 0.150. The van der Waals surface area contributed by atoms with Gasteiger partial charge < -0.3 is 10.1 Å². The van der Waals surface area contributed by atoms with E-state index in [9.17, 15) is 14.4 Å². The topological polar surface area (TPSA) is 75.7 Å². The summed E-state index contributed by atoms with van der Waals surface area (Å²) in [5, 5.41) is 2.62. The molecule has 1 unspecified atom stereocenters. The molecule has 26 heavy (non-hydrogen) atoms. The molecule has 130 valence electrons. The van der Waals surface area contributed by atoms with E-state index < -0.39 is 17.9 Å². The minimum Gasteiger partial charge on any atom is -0.457 e. The summed E-state index contributed by atoms with van der Waals surface area (Å²) in [6, 6.07) is 13.1. The number of piperidine rings is 1. The number of hydrogen-bond acceptors (Lipinski definition) is 4. The Balaban J connectivity index is 1.69. The van der Waals surface area contributed by atoms with Crippen LogP contribution in [-0.4, -0.2) is 28.7 Å². The number of nitrogens with one attached hydrogen (secondary N) is 1. The molecule has 0 radical (unpaired) electrons. The first kappa shape index (κ1) is 16.1. The van der Waals surface area contributed by atoms with Crippen molar-refractivity contribution in [2.45, 2.75) is 18.9 Å². The van der Waals surface area contributed by atoms with Crippen molar-refractivity contribution in [1.29, 1.82) is 0 Å². The van der Waals surface area contributed by atoms with Crippen molar-refractivity contribution in [1.82, 2.24) is 10.2 Å². The van der Waals surface area contributed by atoms with Gasteiger partial charge in [0.2, 0.25) is 5.91 Å². The van der Waals surface area contributed by atoms with Crippen LogP contribution in [0.5, 0.6) is 11.5 Å². The summed E-state index contributed by atoms with van der Waals surface area (Å²) >= 11 is 0. The third-order valence-corrected chi connectivity index (χ3v) is 4.51. The summed E-state index contributed by atoms with van der Waals surface area (Å²) in [6.45, 7) is 3.72. The van der Waals surface area contributed by atoms with Gasteiger partial charge in [-0.1, -0.05) is 30.8 Å². The lowest BCUT2D eigenvalue weighted by atomic mass is 10.0. The molecule has 1 saturated heterocycles. The van der Waals surface area contributed by atoms with Gasteiger partial charge in [-0.3, -0.25) is 19.3 Å². The molecule has 2 aromatic rings. The predicted octanol–water partition coefficient (Wildman–Crippen LogP) is 2.87. The second kappa shape index (κ2) is 6.15. The summed E-state index contributed by atoms with van der Waals surface area (Å²) in [5.74, 6) is -0.511. The quantitative estimate of drug-likeness (QED) is 0.866. The van der Waals surface area contributed by atoms with Crippen molar-refractivity contribution < 1.29 is 19.1 Å². The highest BCUT2D eigenvalue weighted by atomic mass is 16.5. The van der Waals surface area contributed by atoms with Gasteiger partial charge in [-0.2, -0.15) is 0 Å². The third-order valence-electron chi connectivity index (χ3n) is 4.51. The van der Waals surface area contributed by atoms with Crippen LogP contribution in [0.1, 0.15) is 33.6 Å². The molecule has 2 aromatic carbocycles. The molecule has 2 aliphatic rings. The van der Waals surface area contributed by atoms with Crippen molar-refractivity contribution in [3.8, 4) is 11.5 Å².